The lowest BCUT2D eigenvalue weighted by atomic mass is 10.0. The number of aliphatic hydroxyl groups is 1. The van der Waals surface area contributed by atoms with Crippen molar-refractivity contribution in [2.24, 2.45) is 5.92 Å². The van der Waals surface area contributed by atoms with Crippen molar-refractivity contribution in [1.29, 1.82) is 0 Å². The highest BCUT2D eigenvalue weighted by atomic mass is 16.3. The fourth-order valence-corrected chi connectivity index (χ4v) is 1.33. The van der Waals surface area contributed by atoms with Gasteiger partial charge in [-0.25, -0.2) is 0 Å². The highest BCUT2D eigenvalue weighted by Gasteiger charge is 2.25. The predicted octanol–water partition coefficient (Wildman–Crippen LogP) is 1.76. The average molecular weight is 158 g/mol. The van der Waals surface area contributed by atoms with E-state index in [0.717, 1.165) is 12.8 Å². The van der Waals surface area contributed by atoms with E-state index in [1.54, 1.807) is 6.92 Å². The molecule has 2 nitrogen and oxygen atoms in total. The van der Waals surface area contributed by atoms with Gasteiger partial charge in [-0.15, -0.1) is 0 Å². The summed E-state index contributed by atoms with van der Waals surface area (Å²) in [6.45, 7) is 5.60. The zero-order valence-electron chi connectivity index (χ0n) is 7.63. The lowest BCUT2D eigenvalue weighted by Crippen LogP contribution is -2.07. The Labute approximate surface area is 68.6 Å². The maximum atomic E-state index is 10.7. The van der Waals surface area contributed by atoms with Crippen LogP contribution in [0.2, 0.25) is 0 Å². The summed E-state index contributed by atoms with van der Waals surface area (Å²) in [5.41, 5.74) is 0. The molecule has 2 unspecified atom stereocenters. The van der Waals surface area contributed by atoms with E-state index < -0.39 is 0 Å². The first kappa shape index (κ1) is 10.6. The molecular formula is C9H18O2. The molecule has 0 amide bonds. The molecule has 0 aromatic carbocycles. The molecule has 1 fully saturated rings. The molecule has 0 spiro atoms. The minimum atomic E-state index is -0.209. The first-order valence-corrected chi connectivity index (χ1v) is 4.38. The van der Waals surface area contributed by atoms with Crippen LogP contribution in [0.1, 0.15) is 40.0 Å². The topological polar surface area (TPSA) is 37.3 Å². The summed E-state index contributed by atoms with van der Waals surface area (Å²) >= 11 is 0. The van der Waals surface area contributed by atoms with Crippen LogP contribution in [0.3, 0.4) is 0 Å². The summed E-state index contributed by atoms with van der Waals surface area (Å²) in [6.07, 6.45) is 2.18. The van der Waals surface area contributed by atoms with E-state index in [2.05, 4.69) is 0 Å². The van der Waals surface area contributed by atoms with Gasteiger partial charge in [0.15, 0.2) is 0 Å². The fourth-order valence-electron chi connectivity index (χ4n) is 1.33. The van der Waals surface area contributed by atoms with Gasteiger partial charge in [-0.05, 0) is 26.2 Å². The fraction of sp³-hybridized carbons (Fsp3) is 0.889. The molecule has 0 heterocycles. The van der Waals surface area contributed by atoms with Gasteiger partial charge >= 0.3 is 0 Å². The lowest BCUT2D eigenvalue weighted by Gasteiger charge is -2.01. The molecule has 0 aromatic heterocycles. The highest BCUT2D eigenvalue weighted by molar-refractivity contribution is 5.78. The molecule has 2 atom stereocenters. The molecule has 2 heteroatoms. The molecule has 1 rings (SSSR count). The van der Waals surface area contributed by atoms with Gasteiger partial charge in [0.05, 0.1) is 6.10 Å². The Bertz CT molecular complexity index is 121. The third-order valence-corrected chi connectivity index (χ3v) is 1.98. The van der Waals surface area contributed by atoms with Crippen molar-refractivity contribution in [2.75, 3.05) is 0 Å². The largest absolute Gasteiger partial charge is 0.393 e. The maximum Gasteiger partial charge on any atom is 0.133 e. The Kier molecular flexibility index (Phi) is 5.12. The van der Waals surface area contributed by atoms with Crippen LogP contribution in [-0.2, 0) is 4.79 Å². The average Bonchev–Trinajstić information content (AvgIpc) is 2.40. The van der Waals surface area contributed by atoms with E-state index in [-0.39, 0.29) is 17.8 Å². The van der Waals surface area contributed by atoms with Gasteiger partial charge in [-0.3, -0.25) is 4.79 Å². The molecular weight excluding hydrogens is 140 g/mol. The van der Waals surface area contributed by atoms with Crippen molar-refractivity contribution >= 4 is 5.78 Å². The Morgan fingerprint density at radius 2 is 1.91 bits per heavy atom. The van der Waals surface area contributed by atoms with Crippen molar-refractivity contribution in [3.63, 3.8) is 0 Å². The Morgan fingerprint density at radius 1 is 1.36 bits per heavy atom. The summed E-state index contributed by atoms with van der Waals surface area (Å²) in [7, 11) is 0. The molecule has 0 saturated heterocycles. The third kappa shape index (κ3) is 3.51. The predicted molar refractivity (Wildman–Crippen MR) is 45.4 cm³/mol. The Balaban J connectivity index is 0.000000461. The van der Waals surface area contributed by atoms with E-state index in [9.17, 15) is 4.79 Å². The van der Waals surface area contributed by atoms with Gasteiger partial charge in [0.1, 0.15) is 5.78 Å². The van der Waals surface area contributed by atoms with Gasteiger partial charge < -0.3 is 5.11 Å². The third-order valence-electron chi connectivity index (χ3n) is 1.98. The van der Waals surface area contributed by atoms with Crippen molar-refractivity contribution in [1.82, 2.24) is 0 Å². The van der Waals surface area contributed by atoms with Gasteiger partial charge in [-0.1, -0.05) is 13.8 Å². The summed E-state index contributed by atoms with van der Waals surface area (Å²) in [6, 6.07) is 0. The van der Waals surface area contributed by atoms with Gasteiger partial charge in [0.25, 0.3) is 0 Å². The maximum absolute atomic E-state index is 10.7. The van der Waals surface area contributed by atoms with Crippen LogP contribution in [0.25, 0.3) is 0 Å². The molecule has 1 aliphatic rings. The Hall–Kier alpha value is -0.370. The first-order chi connectivity index (χ1) is 5.20. The minimum Gasteiger partial charge on any atom is -0.393 e. The summed E-state index contributed by atoms with van der Waals surface area (Å²) < 4.78 is 0. The highest BCUT2D eigenvalue weighted by Crippen LogP contribution is 2.25. The molecule has 0 aliphatic heterocycles. The number of Topliss-reactive ketones (excluding diaryl/α,β-unsaturated/α-hetero) is 1. The lowest BCUT2D eigenvalue weighted by molar-refractivity contribution is -0.120. The molecule has 0 aromatic rings. The van der Waals surface area contributed by atoms with Crippen LogP contribution in [0.4, 0.5) is 0 Å². The monoisotopic (exact) mass is 158 g/mol. The number of rotatable bonds is 1. The van der Waals surface area contributed by atoms with E-state index in [4.69, 9.17) is 5.11 Å². The SMILES string of the molecule is CC.CC(=O)C1CCC(O)C1. The molecule has 11 heavy (non-hydrogen) atoms. The standard InChI is InChI=1S/C7H12O2.C2H6/c1-5(8)6-2-3-7(9)4-6;1-2/h6-7,9H,2-4H2,1H3;1-2H3. The van der Waals surface area contributed by atoms with Gasteiger partial charge in [0.2, 0.25) is 0 Å². The van der Waals surface area contributed by atoms with E-state index >= 15 is 0 Å². The van der Waals surface area contributed by atoms with Crippen LogP contribution >= 0.6 is 0 Å². The number of carbonyl (C=O) groups is 1. The summed E-state index contributed by atoms with van der Waals surface area (Å²) in [5.74, 6) is 0.381. The number of carbonyl (C=O) groups excluding carboxylic acids is 1. The number of aliphatic hydroxyl groups excluding tert-OH is 1. The smallest absolute Gasteiger partial charge is 0.133 e. The molecule has 1 saturated carbocycles. The van der Waals surface area contributed by atoms with Crippen molar-refractivity contribution in [3.8, 4) is 0 Å². The van der Waals surface area contributed by atoms with E-state index in [0.29, 0.717) is 6.42 Å². The number of ketones is 1. The molecule has 1 N–H and O–H groups in total. The van der Waals surface area contributed by atoms with E-state index in [1.807, 2.05) is 13.8 Å². The van der Waals surface area contributed by atoms with Crippen molar-refractivity contribution < 1.29 is 9.90 Å². The molecule has 1 aliphatic carbocycles. The molecule has 0 radical (unpaired) electrons. The summed E-state index contributed by atoms with van der Waals surface area (Å²) in [4.78, 5) is 10.7. The van der Waals surface area contributed by atoms with Crippen LogP contribution < -0.4 is 0 Å². The second-order valence-electron chi connectivity index (χ2n) is 2.77. The van der Waals surface area contributed by atoms with E-state index in [1.165, 1.54) is 0 Å². The van der Waals surface area contributed by atoms with Crippen LogP contribution in [0.5, 0.6) is 0 Å². The minimum absolute atomic E-state index is 0.153. The van der Waals surface area contributed by atoms with Crippen molar-refractivity contribution in [3.05, 3.63) is 0 Å². The molecule has 0 bridgehead atoms. The van der Waals surface area contributed by atoms with Crippen LogP contribution in [0.15, 0.2) is 0 Å². The zero-order valence-corrected chi connectivity index (χ0v) is 7.63. The summed E-state index contributed by atoms with van der Waals surface area (Å²) in [5, 5.41) is 9.00. The van der Waals surface area contributed by atoms with Gasteiger partial charge in [-0.2, -0.15) is 0 Å². The van der Waals surface area contributed by atoms with Crippen molar-refractivity contribution in [2.45, 2.75) is 46.1 Å². The first-order valence-electron chi connectivity index (χ1n) is 4.38. The second-order valence-corrected chi connectivity index (χ2v) is 2.77. The van der Waals surface area contributed by atoms with Crippen LogP contribution in [-0.4, -0.2) is 17.0 Å². The number of hydrogen-bond donors (Lipinski definition) is 1. The quantitative estimate of drug-likeness (QED) is 0.631. The normalized spacial score (nSPS) is 29.1. The number of hydrogen-bond acceptors (Lipinski definition) is 2. The molecule has 66 valence electrons. The van der Waals surface area contributed by atoms with Gasteiger partial charge in [0, 0.05) is 5.92 Å². The van der Waals surface area contributed by atoms with Crippen LogP contribution in [0, 0.1) is 5.92 Å². The zero-order chi connectivity index (χ0) is 8.85. The second kappa shape index (κ2) is 5.30. The Morgan fingerprint density at radius 3 is 2.09 bits per heavy atom.